The molecule has 4 rings (SSSR count). The van der Waals surface area contributed by atoms with E-state index in [-0.39, 0.29) is 5.41 Å². The SMILES string of the molecule is CC(C)(O)C1(C2=CC=C(C=C3CCN(C4CCC4)CC3)CC2)CCOCC1. The first-order valence-corrected chi connectivity index (χ1v) is 11.1. The molecule has 0 aromatic rings. The van der Waals surface area contributed by atoms with E-state index in [9.17, 15) is 5.11 Å². The Morgan fingerprint density at radius 1 is 1.07 bits per heavy atom. The van der Waals surface area contributed by atoms with Crippen LogP contribution in [0.3, 0.4) is 0 Å². The van der Waals surface area contributed by atoms with Gasteiger partial charge in [-0.2, -0.15) is 0 Å². The predicted molar refractivity (Wildman–Crippen MR) is 111 cm³/mol. The zero-order valence-electron chi connectivity index (χ0n) is 17.3. The summed E-state index contributed by atoms with van der Waals surface area (Å²) < 4.78 is 5.60. The number of hydrogen-bond donors (Lipinski definition) is 1. The van der Waals surface area contributed by atoms with Gasteiger partial charge in [-0.1, -0.05) is 35.8 Å². The Kier molecular flexibility index (Phi) is 5.64. The summed E-state index contributed by atoms with van der Waals surface area (Å²) in [7, 11) is 0. The number of aliphatic hydroxyl groups is 1. The molecule has 0 amide bonds. The van der Waals surface area contributed by atoms with Crippen molar-refractivity contribution >= 4 is 0 Å². The fourth-order valence-electron chi connectivity index (χ4n) is 5.55. The topological polar surface area (TPSA) is 32.7 Å². The molecule has 0 atom stereocenters. The fourth-order valence-corrected chi connectivity index (χ4v) is 5.55. The Labute approximate surface area is 165 Å². The first-order valence-electron chi connectivity index (χ1n) is 11.1. The van der Waals surface area contributed by atoms with Crippen LogP contribution in [0.2, 0.25) is 0 Å². The molecule has 3 heteroatoms. The Bertz CT molecular complexity index is 617. The number of piperidine rings is 1. The first kappa shape index (κ1) is 19.4. The zero-order valence-corrected chi connectivity index (χ0v) is 17.3. The van der Waals surface area contributed by atoms with E-state index in [4.69, 9.17) is 4.74 Å². The standard InChI is InChI=1S/C24H37NO2/c1-23(2,26)24(12-16-27-17-13-24)21-8-6-19(7-9-21)18-20-10-14-25(15-11-20)22-4-3-5-22/h6,8,18,22,26H,3-5,7,9-17H2,1-2H3. The monoisotopic (exact) mass is 371 g/mol. The summed E-state index contributed by atoms with van der Waals surface area (Å²) in [6.45, 7) is 8.00. The third-order valence-corrected chi connectivity index (χ3v) is 7.73. The summed E-state index contributed by atoms with van der Waals surface area (Å²) in [6.07, 6.45) is 18.0. The number of rotatable bonds is 4. The minimum Gasteiger partial charge on any atom is -0.390 e. The van der Waals surface area contributed by atoms with Gasteiger partial charge < -0.3 is 9.84 Å². The molecule has 0 spiro atoms. The average Bonchev–Trinajstić information content (AvgIpc) is 2.62. The lowest BCUT2D eigenvalue weighted by atomic mass is 9.61. The third-order valence-electron chi connectivity index (χ3n) is 7.73. The van der Waals surface area contributed by atoms with Crippen molar-refractivity contribution in [2.45, 2.75) is 83.3 Å². The first-order chi connectivity index (χ1) is 13.0. The molecule has 27 heavy (non-hydrogen) atoms. The van der Waals surface area contributed by atoms with Gasteiger partial charge in [-0.3, -0.25) is 4.90 Å². The van der Waals surface area contributed by atoms with E-state index in [0.29, 0.717) is 0 Å². The Morgan fingerprint density at radius 3 is 2.30 bits per heavy atom. The molecule has 3 nitrogen and oxygen atoms in total. The van der Waals surface area contributed by atoms with Crippen LogP contribution < -0.4 is 0 Å². The number of likely N-dealkylation sites (tertiary alicyclic amines) is 1. The van der Waals surface area contributed by atoms with Crippen LogP contribution in [-0.4, -0.2) is 48.0 Å². The van der Waals surface area contributed by atoms with Gasteiger partial charge in [0.1, 0.15) is 0 Å². The van der Waals surface area contributed by atoms with Crippen molar-refractivity contribution in [2.75, 3.05) is 26.3 Å². The van der Waals surface area contributed by atoms with Crippen LogP contribution in [0.1, 0.15) is 71.6 Å². The summed E-state index contributed by atoms with van der Waals surface area (Å²) in [4.78, 5) is 2.71. The molecule has 0 radical (unpaired) electrons. The quantitative estimate of drug-likeness (QED) is 0.772. The van der Waals surface area contributed by atoms with E-state index in [0.717, 1.165) is 44.9 Å². The maximum atomic E-state index is 10.9. The smallest absolute Gasteiger partial charge is 0.0686 e. The van der Waals surface area contributed by atoms with Crippen molar-refractivity contribution in [3.63, 3.8) is 0 Å². The lowest BCUT2D eigenvalue weighted by molar-refractivity contribution is -0.0930. The lowest BCUT2D eigenvalue weighted by Gasteiger charge is -2.48. The van der Waals surface area contributed by atoms with Crippen molar-refractivity contribution < 1.29 is 9.84 Å². The predicted octanol–water partition coefficient (Wildman–Crippen LogP) is 4.78. The van der Waals surface area contributed by atoms with Crippen molar-refractivity contribution in [1.29, 1.82) is 0 Å². The van der Waals surface area contributed by atoms with Crippen molar-refractivity contribution in [3.05, 3.63) is 34.9 Å². The van der Waals surface area contributed by atoms with Gasteiger partial charge in [-0.15, -0.1) is 0 Å². The Hall–Kier alpha value is -0.900. The second kappa shape index (κ2) is 7.85. The van der Waals surface area contributed by atoms with Gasteiger partial charge in [-0.05, 0) is 70.8 Å². The molecule has 2 aliphatic heterocycles. The molecular weight excluding hydrogens is 334 g/mol. The largest absolute Gasteiger partial charge is 0.390 e. The highest BCUT2D eigenvalue weighted by atomic mass is 16.5. The highest BCUT2D eigenvalue weighted by Gasteiger charge is 2.47. The number of ether oxygens (including phenoxy) is 1. The maximum absolute atomic E-state index is 10.9. The van der Waals surface area contributed by atoms with Crippen LogP contribution >= 0.6 is 0 Å². The normalized spacial score (nSPS) is 27.6. The van der Waals surface area contributed by atoms with Crippen LogP contribution in [0.5, 0.6) is 0 Å². The zero-order chi connectivity index (χ0) is 18.9. The highest BCUT2D eigenvalue weighted by molar-refractivity contribution is 5.37. The summed E-state index contributed by atoms with van der Waals surface area (Å²) in [5.74, 6) is 0. The molecule has 3 fully saturated rings. The van der Waals surface area contributed by atoms with Crippen molar-refractivity contribution in [1.82, 2.24) is 4.90 Å². The van der Waals surface area contributed by atoms with E-state index < -0.39 is 5.60 Å². The minimum absolute atomic E-state index is 0.117. The van der Waals surface area contributed by atoms with Crippen LogP contribution in [0.15, 0.2) is 34.9 Å². The molecule has 150 valence electrons. The van der Waals surface area contributed by atoms with Gasteiger partial charge in [0.15, 0.2) is 0 Å². The van der Waals surface area contributed by atoms with E-state index in [2.05, 4.69) is 23.1 Å². The van der Waals surface area contributed by atoms with Crippen LogP contribution in [0.25, 0.3) is 0 Å². The van der Waals surface area contributed by atoms with Crippen molar-refractivity contribution in [3.8, 4) is 0 Å². The summed E-state index contributed by atoms with van der Waals surface area (Å²) in [6, 6.07) is 0.892. The number of hydrogen-bond acceptors (Lipinski definition) is 3. The van der Waals surface area contributed by atoms with Crippen molar-refractivity contribution in [2.24, 2.45) is 5.41 Å². The second-order valence-corrected chi connectivity index (χ2v) is 9.61. The highest BCUT2D eigenvalue weighted by Crippen LogP contribution is 2.49. The molecule has 1 N–H and O–H groups in total. The molecule has 0 unspecified atom stereocenters. The summed E-state index contributed by atoms with van der Waals surface area (Å²) in [5, 5.41) is 10.9. The Balaban J connectivity index is 1.43. The van der Waals surface area contributed by atoms with E-state index >= 15 is 0 Å². The summed E-state index contributed by atoms with van der Waals surface area (Å²) >= 11 is 0. The molecule has 2 heterocycles. The average molecular weight is 372 g/mol. The Morgan fingerprint density at radius 2 is 1.78 bits per heavy atom. The van der Waals surface area contributed by atoms with Gasteiger partial charge >= 0.3 is 0 Å². The fraction of sp³-hybridized carbons (Fsp3) is 0.750. The molecular formula is C24H37NO2. The van der Waals surface area contributed by atoms with Crippen LogP contribution in [0.4, 0.5) is 0 Å². The molecule has 0 aromatic carbocycles. The van der Waals surface area contributed by atoms with Gasteiger partial charge in [0.25, 0.3) is 0 Å². The third kappa shape index (κ3) is 3.97. The van der Waals surface area contributed by atoms with Gasteiger partial charge in [0.05, 0.1) is 5.60 Å². The minimum atomic E-state index is -0.694. The molecule has 2 saturated heterocycles. The molecule has 1 saturated carbocycles. The number of allylic oxidation sites excluding steroid dienone is 4. The van der Waals surface area contributed by atoms with Gasteiger partial charge in [-0.25, -0.2) is 0 Å². The number of nitrogens with zero attached hydrogens (tertiary/aromatic N) is 1. The van der Waals surface area contributed by atoms with E-state index in [1.807, 2.05) is 13.8 Å². The van der Waals surface area contributed by atoms with Gasteiger partial charge in [0, 0.05) is 37.8 Å². The van der Waals surface area contributed by atoms with Crippen LogP contribution in [-0.2, 0) is 4.74 Å². The molecule has 0 aromatic heterocycles. The van der Waals surface area contributed by atoms with Gasteiger partial charge in [0.2, 0.25) is 0 Å². The van der Waals surface area contributed by atoms with E-state index in [1.165, 1.54) is 56.3 Å². The molecule has 4 aliphatic rings. The second-order valence-electron chi connectivity index (χ2n) is 9.61. The lowest BCUT2D eigenvalue weighted by Crippen LogP contribution is -2.48. The van der Waals surface area contributed by atoms with Crippen LogP contribution in [0, 0.1) is 5.41 Å². The molecule has 2 aliphatic carbocycles. The molecule has 0 bridgehead atoms. The van der Waals surface area contributed by atoms with E-state index in [1.54, 1.807) is 5.57 Å². The maximum Gasteiger partial charge on any atom is 0.0686 e. The summed E-state index contributed by atoms with van der Waals surface area (Å²) in [5.41, 5.74) is 3.73.